The van der Waals surface area contributed by atoms with E-state index in [-0.39, 0.29) is 36.6 Å². The van der Waals surface area contributed by atoms with Gasteiger partial charge in [-0.15, -0.1) is 0 Å². The maximum atomic E-state index is 13.4. The normalized spacial score (nSPS) is 26.6. The molecule has 3 aliphatic rings. The molecule has 3 heterocycles. The molecule has 2 fully saturated rings. The van der Waals surface area contributed by atoms with E-state index in [1.807, 2.05) is 0 Å². The van der Waals surface area contributed by atoms with Gasteiger partial charge in [-0.1, -0.05) is 12.1 Å². The van der Waals surface area contributed by atoms with E-state index in [4.69, 9.17) is 4.74 Å². The van der Waals surface area contributed by atoms with Crippen LogP contribution in [0.25, 0.3) is 11.1 Å². The van der Waals surface area contributed by atoms with E-state index in [1.165, 1.54) is 4.31 Å². The summed E-state index contributed by atoms with van der Waals surface area (Å²) in [5.41, 5.74) is 1.56. The highest BCUT2D eigenvalue weighted by Crippen LogP contribution is 2.50. The van der Waals surface area contributed by atoms with E-state index >= 15 is 0 Å². The number of benzene rings is 1. The number of aliphatic hydroxyl groups is 1. The lowest BCUT2D eigenvalue weighted by molar-refractivity contribution is -0.127. The fraction of sp³-hybridized carbons (Fsp3) is 0.500. The van der Waals surface area contributed by atoms with E-state index in [0.29, 0.717) is 17.0 Å². The van der Waals surface area contributed by atoms with Crippen molar-refractivity contribution in [3.05, 3.63) is 52.4 Å². The molecule has 0 bridgehead atoms. The number of amides is 1. The zero-order valence-corrected chi connectivity index (χ0v) is 20.0. The van der Waals surface area contributed by atoms with Crippen LogP contribution in [0.3, 0.4) is 0 Å². The Balaban J connectivity index is 1.55. The topological polar surface area (TPSA) is 118 Å². The first-order valence-corrected chi connectivity index (χ1v) is 13.4. The Bertz CT molecular complexity index is 1270. The second-order valence-corrected chi connectivity index (χ2v) is 11.3. The number of nitrogens with one attached hydrogen (secondary N) is 1. The summed E-state index contributed by atoms with van der Waals surface area (Å²) < 4.78 is 33.9. The molecule has 0 unspecified atom stereocenters. The summed E-state index contributed by atoms with van der Waals surface area (Å²) in [4.78, 5) is 26.6. The predicted octanol–water partition coefficient (Wildman–Crippen LogP) is 1.12. The van der Waals surface area contributed by atoms with Crippen molar-refractivity contribution in [2.24, 2.45) is 11.8 Å². The molecule has 0 spiro atoms. The number of carbonyl (C=O) groups excluding carboxylic acids is 1. The number of aromatic nitrogens is 1. The summed E-state index contributed by atoms with van der Waals surface area (Å²) in [6, 6.07) is 9.01. The molecule has 9 nitrogen and oxygen atoms in total. The van der Waals surface area contributed by atoms with E-state index < -0.39 is 28.0 Å². The van der Waals surface area contributed by atoms with Crippen molar-refractivity contribution < 1.29 is 23.1 Å². The van der Waals surface area contributed by atoms with Crippen LogP contribution >= 0.6 is 0 Å². The van der Waals surface area contributed by atoms with Crippen molar-refractivity contribution in [1.82, 2.24) is 14.2 Å². The molecular weight excluding hydrogens is 458 g/mol. The van der Waals surface area contributed by atoms with Crippen molar-refractivity contribution in [3.8, 4) is 16.9 Å². The summed E-state index contributed by atoms with van der Waals surface area (Å²) in [5.74, 6) is -0.674. The Morgan fingerprint density at radius 1 is 1.18 bits per heavy atom. The summed E-state index contributed by atoms with van der Waals surface area (Å²) in [6.45, 7) is -0.0999. The summed E-state index contributed by atoms with van der Waals surface area (Å²) >= 11 is 0. The highest BCUT2D eigenvalue weighted by atomic mass is 32.2. The molecule has 1 saturated carbocycles. The van der Waals surface area contributed by atoms with Gasteiger partial charge in [0.25, 0.3) is 5.56 Å². The number of aliphatic hydroxyl groups excluding tert-OH is 1. The van der Waals surface area contributed by atoms with Gasteiger partial charge in [0.15, 0.2) is 0 Å². The fourth-order valence-corrected chi connectivity index (χ4v) is 6.98. The number of pyridine rings is 1. The lowest BCUT2D eigenvalue weighted by Crippen LogP contribution is -2.53. The van der Waals surface area contributed by atoms with Crippen LogP contribution in [0.1, 0.15) is 31.0 Å². The van der Waals surface area contributed by atoms with Gasteiger partial charge in [0.05, 0.1) is 19.4 Å². The second-order valence-electron chi connectivity index (χ2n) is 9.45. The number of hydrogen-bond donors (Lipinski definition) is 2. The van der Waals surface area contributed by atoms with Crippen LogP contribution in [-0.4, -0.2) is 60.4 Å². The first kappa shape index (κ1) is 23.1. The van der Waals surface area contributed by atoms with Crippen molar-refractivity contribution in [2.45, 2.75) is 43.9 Å². The highest BCUT2D eigenvalue weighted by molar-refractivity contribution is 7.88. The van der Waals surface area contributed by atoms with E-state index in [9.17, 15) is 23.1 Å². The number of nitrogens with zero attached hydrogens (tertiary/aromatic N) is 2. The monoisotopic (exact) mass is 487 g/mol. The summed E-state index contributed by atoms with van der Waals surface area (Å²) in [5, 5.41) is 13.2. The minimum atomic E-state index is -3.81. The summed E-state index contributed by atoms with van der Waals surface area (Å²) in [6.07, 6.45) is 3.87. The second kappa shape index (κ2) is 8.51. The molecule has 34 heavy (non-hydrogen) atoms. The van der Waals surface area contributed by atoms with Crippen LogP contribution in [0.4, 0.5) is 0 Å². The average Bonchev–Trinajstić information content (AvgIpc) is 3.31. The van der Waals surface area contributed by atoms with Gasteiger partial charge in [-0.25, -0.2) is 8.42 Å². The zero-order chi connectivity index (χ0) is 24.2. The van der Waals surface area contributed by atoms with Crippen molar-refractivity contribution in [2.75, 3.05) is 20.0 Å². The molecular formula is C24H29N3O6S. The first-order chi connectivity index (χ1) is 16.2. The number of sulfonamides is 1. The minimum Gasteiger partial charge on any atom is -0.497 e. The molecule has 2 N–H and O–H groups in total. The van der Waals surface area contributed by atoms with Crippen LogP contribution in [0.2, 0.25) is 0 Å². The average molecular weight is 488 g/mol. The number of methoxy groups -OCH3 is 1. The van der Waals surface area contributed by atoms with Crippen LogP contribution in [0, 0.1) is 11.8 Å². The van der Waals surface area contributed by atoms with Crippen LogP contribution < -0.4 is 15.6 Å². The molecule has 1 aromatic heterocycles. The van der Waals surface area contributed by atoms with Gasteiger partial charge >= 0.3 is 0 Å². The number of hydrogen-bond acceptors (Lipinski definition) is 6. The third kappa shape index (κ3) is 3.64. The molecule has 5 rings (SSSR count). The Labute approximate surface area is 198 Å². The predicted molar refractivity (Wildman–Crippen MR) is 126 cm³/mol. The Kier molecular flexibility index (Phi) is 5.78. The van der Waals surface area contributed by atoms with E-state index in [1.54, 1.807) is 48.1 Å². The highest BCUT2D eigenvalue weighted by Gasteiger charge is 2.59. The molecule has 4 atom stereocenters. The zero-order valence-electron chi connectivity index (χ0n) is 19.2. The van der Waals surface area contributed by atoms with Crippen LogP contribution in [0.5, 0.6) is 5.75 Å². The molecule has 0 radical (unpaired) electrons. The Hall–Kier alpha value is -2.69. The Morgan fingerprint density at radius 2 is 1.88 bits per heavy atom. The van der Waals surface area contributed by atoms with Crippen molar-refractivity contribution in [3.63, 3.8) is 0 Å². The van der Waals surface area contributed by atoms with Gasteiger partial charge in [0, 0.05) is 42.3 Å². The molecule has 2 aliphatic heterocycles. The van der Waals surface area contributed by atoms with Gasteiger partial charge in [0.1, 0.15) is 11.8 Å². The van der Waals surface area contributed by atoms with Crippen LogP contribution in [0.15, 0.2) is 41.2 Å². The van der Waals surface area contributed by atoms with Crippen molar-refractivity contribution in [1.29, 1.82) is 0 Å². The third-order valence-corrected chi connectivity index (χ3v) is 8.75. The standard InChI is InChI=1S/C24H29N3O6S/c1-33-16-8-6-14(7-9-16)17-10-11-20-21-18(12-26(20)24(17)30)19(13-28)22(27(21)34(2,31)32)23(29)25-15-4-3-5-15/h6-11,15,18-19,21-22,28H,3-5,12-13H2,1-2H3,(H,25,29)/t18-,19-,21+,22-/m1/s1. The molecule has 1 aromatic carbocycles. The Morgan fingerprint density at radius 3 is 2.44 bits per heavy atom. The van der Waals surface area contributed by atoms with Crippen molar-refractivity contribution >= 4 is 15.9 Å². The van der Waals surface area contributed by atoms with Gasteiger partial charge in [-0.2, -0.15) is 4.31 Å². The number of fused-ring (bicyclic) bond motifs is 3. The maximum Gasteiger partial charge on any atom is 0.258 e. The third-order valence-electron chi connectivity index (χ3n) is 7.53. The van der Waals surface area contributed by atoms with Gasteiger partial charge < -0.3 is 19.7 Å². The minimum absolute atomic E-state index is 0.0515. The maximum absolute atomic E-state index is 13.4. The SMILES string of the molecule is COc1ccc(-c2ccc3n(c2=O)C[C@@H]2[C@@H](CO)[C@H](C(=O)NC4CCC4)N(S(C)(=O)=O)[C@H]32)cc1. The fourth-order valence-electron chi connectivity index (χ4n) is 5.64. The molecule has 1 aliphatic carbocycles. The molecule has 1 saturated heterocycles. The quantitative estimate of drug-likeness (QED) is 0.631. The van der Waals surface area contributed by atoms with Gasteiger partial charge in [-0.3, -0.25) is 9.59 Å². The number of ether oxygens (including phenoxy) is 1. The molecule has 10 heteroatoms. The molecule has 1 amide bonds. The lowest BCUT2D eigenvalue weighted by atomic mass is 9.87. The van der Waals surface area contributed by atoms with Crippen LogP contribution in [-0.2, 0) is 21.4 Å². The van der Waals surface area contributed by atoms with E-state index in [0.717, 1.165) is 31.1 Å². The van der Waals surface area contributed by atoms with E-state index in [2.05, 4.69) is 5.32 Å². The summed E-state index contributed by atoms with van der Waals surface area (Å²) in [7, 11) is -2.24. The first-order valence-electron chi connectivity index (χ1n) is 11.5. The van der Waals surface area contributed by atoms with Gasteiger partial charge in [-0.05, 0) is 49.1 Å². The molecule has 182 valence electrons. The largest absolute Gasteiger partial charge is 0.497 e. The number of carbonyl (C=O) groups is 1. The smallest absolute Gasteiger partial charge is 0.258 e. The van der Waals surface area contributed by atoms with Gasteiger partial charge in [0.2, 0.25) is 15.9 Å². The number of rotatable bonds is 6. The molecule has 2 aromatic rings. The lowest BCUT2D eigenvalue weighted by Gasteiger charge is -2.32.